The summed E-state index contributed by atoms with van der Waals surface area (Å²) in [5, 5.41) is 20.4. The first-order valence-electron chi connectivity index (χ1n) is 10.3. The van der Waals surface area contributed by atoms with E-state index in [2.05, 4.69) is 20.5 Å². The number of primary amides is 1. The normalized spacial score (nSPS) is 13.5. The van der Waals surface area contributed by atoms with Crippen LogP contribution in [0.15, 0.2) is 40.9 Å². The van der Waals surface area contributed by atoms with Crippen LogP contribution in [0.25, 0.3) is 21.2 Å². The molecular weight excluding hydrogens is 487 g/mol. The second kappa shape index (κ2) is 9.15. The van der Waals surface area contributed by atoms with Crippen molar-refractivity contribution in [3.8, 4) is 17.0 Å². The zero-order valence-electron chi connectivity index (χ0n) is 18.5. The fourth-order valence-electron chi connectivity index (χ4n) is 3.47. The maximum atomic E-state index is 13.2. The maximum absolute atomic E-state index is 13.2. The Bertz CT molecular complexity index is 1370. The van der Waals surface area contributed by atoms with Gasteiger partial charge >= 0.3 is 12.2 Å². The first kappa shape index (κ1) is 24.4. The first-order chi connectivity index (χ1) is 16.6. The molecule has 0 aliphatic heterocycles. The lowest BCUT2D eigenvalue weighted by Gasteiger charge is -2.25. The molecule has 0 spiro atoms. The Labute approximate surface area is 200 Å². The molecule has 1 atom stereocenters. The lowest BCUT2D eigenvalue weighted by atomic mass is 10.0. The van der Waals surface area contributed by atoms with E-state index in [1.54, 1.807) is 24.4 Å². The van der Waals surface area contributed by atoms with E-state index < -0.39 is 30.0 Å². The summed E-state index contributed by atoms with van der Waals surface area (Å²) in [7, 11) is 1.50. The monoisotopic (exact) mass is 507 g/mol. The van der Waals surface area contributed by atoms with Crippen molar-refractivity contribution in [2.75, 3.05) is 12.4 Å². The van der Waals surface area contributed by atoms with Gasteiger partial charge < -0.3 is 25.3 Å². The second-order valence-corrected chi connectivity index (χ2v) is 8.62. The minimum atomic E-state index is -4.97. The number of alkyl halides is 3. The Balaban J connectivity index is 1.59. The Morgan fingerprint density at radius 1 is 1.26 bits per heavy atom. The van der Waals surface area contributed by atoms with Crippen molar-refractivity contribution < 1.29 is 32.2 Å². The Morgan fingerprint density at radius 3 is 2.63 bits per heavy atom. The molecule has 13 heteroatoms. The zero-order valence-corrected chi connectivity index (χ0v) is 19.3. The summed E-state index contributed by atoms with van der Waals surface area (Å²) < 4.78 is 50.5. The molecule has 0 saturated carbocycles. The molecule has 4 aromatic rings. The molecule has 4 N–H and O–H groups in total. The molecule has 1 amide bonds. The van der Waals surface area contributed by atoms with Gasteiger partial charge in [-0.1, -0.05) is 24.2 Å². The Hall–Kier alpha value is -3.71. The van der Waals surface area contributed by atoms with Gasteiger partial charge in [-0.25, -0.2) is 4.98 Å². The van der Waals surface area contributed by atoms with Gasteiger partial charge in [0, 0.05) is 40.0 Å². The van der Waals surface area contributed by atoms with Crippen LogP contribution < -0.4 is 15.8 Å². The molecule has 0 radical (unpaired) electrons. The first-order valence-corrected chi connectivity index (χ1v) is 11.1. The Morgan fingerprint density at radius 2 is 2.03 bits per heavy atom. The van der Waals surface area contributed by atoms with Gasteiger partial charge in [0.2, 0.25) is 11.5 Å². The molecule has 0 fully saturated rings. The third kappa shape index (κ3) is 4.51. The Kier molecular flexibility index (Phi) is 6.38. The van der Waals surface area contributed by atoms with Crippen LogP contribution >= 0.6 is 11.3 Å². The highest BCUT2D eigenvalue weighted by Crippen LogP contribution is 2.41. The number of carbonyl (C=O) groups excluding carboxylic acids is 1. The van der Waals surface area contributed by atoms with Gasteiger partial charge in [0.1, 0.15) is 4.88 Å². The van der Waals surface area contributed by atoms with E-state index in [4.69, 9.17) is 14.9 Å². The number of ether oxygens (including phenoxy) is 1. The quantitative estimate of drug-likeness (QED) is 0.322. The van der Waals surface area contributed by atoms with E-state index in [-0.39, 0.29) is 12.6 Å². The number of thiophene rings is 1. The number of nitrogens with zero attached hydrogens (tertiary/aromatic N) is 3. The average Bonchev–Trinajstić information content (AvgIpc) is 3.46. The van der Waals surface area contributed by atoms with Crippen LogP contribution in [0, 0.1) is 0 Å². The number of amides is 1. The number of methoxy groups -OCH3 is 1. The number of benzene rings is 1. The topological polar surface area (TPSA) is 136 Å². The molecule has 0 bridgehead atoms. The van der Waals surface area contributed by atoms with Crippen LogP contribution in [0.2, 0.25) is 0 Å². The largest absolute Gasteiger partial charge is 0.481 e. The van der Waals surface area contributed by atoms with E-state index in [0.717, 1.165) is 22.6 Å². The van der Waals surface area contributed by atoms with Gasteiger partial charge in [-0.15, -0.1) is 16.4 Å². The summed E-state index contributed by atoms with van der Waals surface area (Å²) in [5.41, 5.74) is 4.46. The molecule has 4 rings (SSSR count). The van der Waals surface area contributed by atoms with Crippen LogP contribution in [0.3, 0.4) is 0 Å². The smallest absolute Gasteiger partial charge is 0.426 e. The third-order valence-electron chi connectivity index (χ3n) is 5.42. The number of pyridine rings is 1. The molecule has 0 aliphatic carbocycles. The summed E-state index contributed by atoms with van der Waals surface area (Å²) in [6.45, 7) is 1.30. The molecule has 184 valence electrons. The van der Waals surface area contributed by atoms with Crippen molar-refractivity contribution in [3.05, 3.63) is 52.9 Å². The van der Waals surface area contributed by atoms with Crippen molar-refractivity contribution in [2.45, 2.75) is 31.7 Å². The SMILES string of the molecule is CCC(O)(c1nnc(NCc2ccc3c(-c4ccc(OC)nc4)c(C(N)=O)sc3c2)o1)C(F)(F)F. The number of aliphatic hydroxyl groups is 1. The highest BCUT2D eigenvalue weighted by atomic mass is 32.1. The van der Waals surface area contributed by atoms with E-state index in [1.165, 1.54) is 18.4 Å². The minimum Gasteiger partial charge on any atom is -0.481 e. The van der Waals surface area contributed by atoms with Gasteiger partial charge in [-0.3, -0.25) is 4.79 Å². The number of carbonyl (C=O) groups is 1. The van der Waals surface area contributed by atoms with E-state index in [9.17, 15) is 23.1 Å². The summed E-state index contributed by atoms with van der Waals surface area (Å²) >= 11 is 1.21. The van der Waals surface area contributed by atoms with Crippen LogP contribution in [-0.2, 0) is 12.1 Å². The molecule has 1 aromatic carbocycles. The standard InChI is InChI=1S/C22H20F3N5O4S/c1-3-21(32,22(23,24)25)19-29-30-20(34-19)28-9-11-4-6-13-14(8-11)35-17(18(26)31)16(13)12-5-7-15(33-2)27-10-12/h4-8,10,32H,3,9H2,1-2H3,(H2,26,31)(H,28,30). The predicted molar refractivity (Wildman–Crippen MR) is 122 cm³/mol. The highest BCUT2D eigenvalue weighted by molar-refractivity contribution is 7.21. The number of hydrogen-bond acceptors (Lipinski definition) is 9. The zero-order chi connectivity index (χ0) is 25.4. The molecular formula is C22H20F3N5O4S. The summed E-state index contributed by atoms with van der Waals surface area (Å²) in [6.07, 6.45) is -4.06. The van der Waals surface area contributed by atoms with E-state index in [1.807, 2.05) is 12.1 Å². The lowest BCUT2D eigenvalue weighted by Crippen LogP contribution is -2.42. The van der Waals surface area contributed by atoms with Crippen molar-refractivity contribution in [3.63, 3.8) is 0 Å². The molecule has 0 aliphatic rings. The van der Waals surface area contributed by atoms with Crippen LogP contribution in [0.5, 0.6) is 5.88 Å². The molecule has 0 saturated heterocycles. The minimum absolute atomic E-state index is 0.136. The van der Waals surface area contributed by atoms with Gasteiger partial charge in [0.25, 0.3) is 11.8 Å². The summed E-state index contributed by atoms with van der Waals surface area (Å²) in [6, 6.07) is 8.59. The second-order valence-electron chi connectivity index (χ2n) is 7.57. The van der Waals surface area contributed by atoms with Gasteiger partial charge in [0.15, 0.2) is 0 Å². The molecule has 35 heavy (non-hydrogen) atoms. The number of nitrogens with one attached hydrogen (secondary N) is 1. The number of rotatable bonds is 8. The van der Waals surface area contributed by atoms with Gasteiger partial charge in [-0.2, -0.15) is 13.2 Å². The van der Waals surface area contributed by atoms with E-state index in [0.29, 0.717) is 21.9 Å². The predicted octanol–water partition coefficient (Wildman–Crippen LogP) is 4.23. The van der Waals surface area contributed by atoms with Crippen LogP contribution in [0.4, 0.5) is 19.2 Å². The van der Waals surface area contributed by atoms with Crippen LogP contribution in [-0.4, -0.2) is 39.5 Å². The number of nitrogens with two attached hydrogens (primary N) is 1. The number of hydrogen-bond donors (Lipinski definition) is 3. The average molecular weight is 507 g/mol. The third-order valence-corrected chi connectivity index (χ3v) is 6.58. The number of aromatic nitrogens is 3. The van der Waals surface area contributed by atoms with Crippen molar-refractivity contribution >= 4 is 33.3 Å². The fraction of sp³-hybridized carbons (Fsp3) is 0.273. The molecule has 3 heterocycles. The highest BCUT2D eigenvalue weighted by Gasteiger charge is 2.57. The lowest BCUT2D eigenvalue weighted by molar-refractivity contribution is -0.275. The molecule has 3 aromatic heterocycles. The number of fused-ring (bicyclic) bond motifs is 1. The van der Waals surface area contributed by atoms with Crippen molar-refractivity contribution in [2.24, 2.45) is 5.73 Å². The summed E-state index contributed by atoms with van der Waals surface area (Å²) in [4.78, 5) is 16.7. The van der Waals surface area contributed by atoms with Crippen molar-refractivity contribution in [1.29, 1.82) is 0 Å². The van der Waals surface area contributed by atoms with Crippen LogP contribution in [0.1, 0.15) is 34.5 Å². The number of anilines is 1. The maximum Gasteiger partial charge on any atom is 0.426 e. The van der Waals surface area contributed by atoms with E-state index >= 15 is 0 Å². The molecule has 9 nitrogen and oxygen atoms in total. The van der Waals surface area contributed by atoms with Gasteiger partial charge in [0.05, 0.1) is 7.11 Å². The fourth-order valence-corrected chi connectivity index (χ4v) is 4.61. The summed E-state index contributed by atoms with van der Waals surface area (Å²) in [5.74, 6) is -1.09. The van der Waals surface area contributed by atoms with Crippen molar-refractivity contribution in [1.82, 2.24) is 15.2 Å². The number of halogens is 3. The van der Waals surface area contributed by atoms with Gasteiger partial charge in [-0.05, 0) is 24.1 Å². The molecule has 1 unspecified atom stereocenters.